The molecule has 2 aliphatic rings. The van der Waals surface area contributed by atoms with Crippen molar-refractivity contribution < 1.29 is 4.74 Å². The molecule has 0 spiro atoms. The summed E-state index contributed by atoms with van der Waals surface area (Å²) in [7, 11) is 0. The molecule has 0 bridgehead atoms. The second-order valence-corrected chi connectivity index (χ2v) is 4.98. The Morgan fingerprint density at radius 2 is 2.29 bits per heavy atom. The monoisotopic (exact) mass is 234 g/mol. The van der Waals surface area contributed by atoms with E-state index in [4.69, 9.17) is 10.5 Å². The van der Waals surface area contributed by atoms with Crippen molar-refractivity contribution in [1.82, 2.24) is 9.97 Å². The first kappa shape index (κ1) is 10.9. The third kappa shape index (κ3) is 1.70. The van der Waals surface area contributed by atoms with E-state index in [0.717, 1.165) is 30.2 Å². The molecule has 17 heavy (non-hydrogen) atoms. The highest BCUT2D eigenvalue weighted by molar-refractivity contribution is 5.43. The van der Waals surface area contributed by atoms with Gasteiger partial charge < -0.3 is 15.8 Å². The fraction of sp³-hybridized carbons (Fsp3) is 0.667. The number of aromatic nitrogens is 2. The summed E-state index contributed by atoms with van der Waals surface area (Å²) in [5, 5.41) is 3.39. The number of nitrogens with zero attached hydrogens (tertiary/aromatic N) is 2. The maximum absolute atomic E-state index is 6.15. The standard InChI is InChI=1S/C12H18N4O/c1-6-5-14-7(2)12(15-6)16-10-9(13)8-3-4-17-11(8)10/h5,8-11H,3-4,13H2,1-2H3,(H,15,16). The summed E-state index contributed by atoms with van der Waals surface area (Å²) in [5.74, 6) is 1.35. The lowest BCUT2D eigenvalue weighted by Gasteiger charge is -2.45. The molecule has 1 saturated heterocycles. The number of hydrogen-bond acceptors (Lipinski definition) is 5. The molecule has 3 N–H and O–H groups in total. The average Bonchev–Trinajstić information content (AvgIpc) is 2.74. The van der Waals surface area contributed by atoms with Gasteiger partial charge in [-0.05, 0) is 20.3 Å². The minimum atomic E-state index is 0.171. The van der Waals surface area contributed by atoms with Gasteiger partial charge in [0.05, 0.1) is 23.5 Å². The molecule has 4 unspecified atom stereocenters. The first-order valence-electron chi connectivity index (χ1n) is 6.11. The average molecular weight is 234 g/mol. The Hall–Kier alpha value is -1.20. The van der Waals surface area contributed by atoms with Crippen molar-refractivity contribution in [2.75, 3.05) is 11.9 Å². The van der Waals surface area contributed by atoms with Crippen LogP contribution in [-0.4, -0.2) is 34.8 Å². The van der Waals surface area contributed by atoms with Crippen molar-refractivity contribution in [3.63, 3.8) is 0 Å². The number of nitrogens with two attached hydrogens (primary N) is 1. The largest absolute Gasteiger partial charge is 0.376 e. The van der Waals surface area contributed by atoms with Crippen molar-refractivity contribution in [3.8, 4) is 0 Å². The number of aryl methyl sites for hydroxylation is 2. The second-order valence-electron chi connectivity index (χ2n) is 4.98. The predicted molar refractivity (Wildman–Crippen MR) is 64.7 cm³/mol. The summed E-state index contributed by atoms with van der Waals surface area (Å²) in [6.45, 7) is 4.72. The highest BCUT2D eigenvalue weighted by atomic mass is 16.5. The fourth-order valence-corrected chi connectivity index (χ4v) is 2.76. The molecular formula is C12H18N4O. The highest BCUT2D eigenvalue weighted by Crippen LogP contribution is 2.39. The highest BCUT2D eigenvalue weighted by Gasteiger charge is 2.52. The van der Waals surface area contributed by atoms with Gasteiger partial charge in [-0.3, -0.25) is 4.98 Å². The van der Waals surface area contributed by atoms with E-state index >= 15 is 0 Å². The molecule has 5 heteroatoms. The molecule has 1 aromatic rings. The van der Waals surface area contributed by atoms with Crippen LogP contribution >= 0.6 is 0 Å². The summed E-state index contributed by atoms with van der Waals surface area (Å²) in [5.41, 5.74) is 7.97. The van der Waals surface area contributed by atoms with E-state index in [1.165, 1.54) is 0 Å². The maximum atomic E-state index is 6.15. The Bertz CT molecular complexity index is 437. The number of hydrogen-bond donors (Lipinski definition) is 2. The van der Waals surface area contributed by atoms with Gasteiger partial charge >= 0.3 is 0 Å². The van der Waals surface area contributed by atoms with Gasteiger partial charge in [0.1, 0.15) is 5.82 Å². The molecule has 1 saturated carbocycles. The van der Waals surface area contributed by atoms with Crippen LogP contribution in [0.15, 0.2) is 6.20 Å². The maximum Gasteiger partial charge on any atom is 0.148 e. The van der Waals surface area contributed by atoms with Gasteiger partial charge in [-0.25, -0.2) is 4.98 Å². The van der Waals surface area contributed by atoms with Crippen LogP contribution in [-0.2, 0) is 4.74 Å². The SMILES string of the molecule is Cc1cnc(C)c(NC2C(N)C3CCOC32)n1. The Morgan fingerprint density at radius 1 is 1.47 bits per heavy atom. The molecular weight excluding hydrogens is 216 g/mol. The molecule has 0 amide bonds. The second kappa shape index (κ2) is 3.92. The number of rotatable bonds is 2. The van der Waals surface area contributed by atoms with Crippen molar-refractivity contribution in [3.05, 3.63) is 17.6 Å². The van der Waals surface area contributed by atoms with Crippen molar-refractivity contribution in [1.29, 1.82) is 0 Å². The van der Waals surface area contributed by atoms with Crippen molar-refractivity contribution >= 4 is 5.82 Å². The van der Waals surface area contributed by atoms with Crippen LogP contribution in [0, 0.1) is 19.8 Å². The van der Waals surface area contributed by atoms with E-state index in [1.54, 1.807) is 6.20 Å². The number of fused-ring (bicyclic) bond motifs is 1. The summed E-state index contributed by atoms with van der Waals surface area (Å²) in [4.78, 5) is 8.75. The van der Waals surface area contributed by atoms with E-state index in [1.807, 2.05) is 13.8 Å². The topological polar surface area (TPSA) is 73.1 Å². The van der Waals surface area contributed by atoms with Crippen LogP contribution < -0.4 is 11.1 Å². The number of ether oxygens (including phenoxy) is 1. The Labute approximate surface area is 101 Å². The molecule has 4 atom stereocenters. The van der Waals surface area contributed by atoms with Gasteiger partial charge in [0.25, 0.3) is 0 Å². The number of nitrogens with one attached hydrogen (secondary N) is 1. The van der Waals surface area contributed by atoms with Crippen LogP contribution in [0.3, 0.4) is 0 Å². The lowest BCUT2D eigenvalue weighted by atomic mass is 9.72. The zero-order chi connectivity index (χ0) is 12.0. The smallest absolute Gasteiger partial charge is 0.148 e. The normalized spacial score (nSPS) is 35.2. The minimum Gasteiger partial charge on any atom is -0.376 e. The van der Waals surface area contributed by atoms with Gasteiger partial charge in [0.15, 0.2) is 0 Å². The van der Waals surface area contributed by atoms with Crippen LogP contribution in [0.25, 0.3) is 0 Å². The Morgan fingerprint density at radius 3 is 3.12 bits per heavy atom. The molecule has 2 fully saturated rings. The fourth-order valence-electron chi connectivity index (χ4n) is 2.76. The van der Waals surface area contributed by atoms with E-state index in [2.05, 4.69) is 15.3 Å². The van der Waals surface area contributed by atoms with Gasteiger partial charge in [-0.15, -0.1) is 0 Å². The van der Waals surface area contributed by atoms with Crippen LogP contribution in [0.4, 0.5) is 5.82 Å². The van der Waals surface area contributed by atoms with E-state index < -0.39 is 0 Å². The lowest BCUT2D eigenvalue weighted by Crippen LogP contribution is -2.65. The van der Waals surface area contributed by atoms with E-state index in [9.17, 15) is 0 Å². The van der Waals surface area contributed by atoms with E-state index in [0.29, 0.717) is 5.92 Å². The van der Waals surface area contributed by atoms with Crippen LogP contribution in [0.2, 0.25) is 0 Å². The minimum absolute atomic E-state index is 0.171. The van der Waals surface area contributed by atoms with Crippen LogP contribution in [0.5, 0.6) is 0 Å². The van der Waals surface area contributed by atoms with Crippen molar-refractivity contribution in [2.24, 2.45) is 11.7 Å². The van der Waals surface area contributed by atoms with Crippen LogP contribution in [0.1, 0.15) is 17.8 Å². The third-order valence-corrected chi connectivity index (χ3v) is 3.83. The molecule has 3 rings (SSSR count). The predicted octanol–water partition coefficient (Wildman–Crippen LogP) is 0.620. The quantitative estimate of drug-likeness (QED) is 0.784. The zero-order valence-electron chi connectivity index (χ0n) is 10.2. The van der Waals surface area contributed by atoms with Gasteiger partial charge in [-0.1, -0.05) is 0 Å². The molecule has 0 aromatic carbocycles. The summed E-state index contributed by atoms with van der Waals surface area (Å²) in [6, 6.07) is 0.349. The lowest BCUT2D eigenvalue weighted by molar-refractivity contribution is 0.00520. The zero-order valence-corrected chi connectivity index (χ0v) is 10.2. The summed E-state index contributed by atoms with van der Waals surface area (Å²) < 4.78 is 5.69. The first-order chi connectivity index (χ1) is 8.16. The molecule has 1 aromatic heterocycles. The van der Waals surface area contributed by atoms with Gasteiger partial charge in [0, 0.05) is 24.8 Å². The molecule has 0 radical (unpaired) electrons. The number of anilines is 1. The third-order valence-electron chi connectivity index (χ3n) is 3.83. The molecule has 5 nitrogen and oxygen atoms in total. The summed E-state index contributed by atoms with van der Waals surface area (Å²) in [6.07, 6.45) is 3.12. The van der Waals surface area contributed by atoms with Crippen molar-refractivity contribution in [2.45, 2.75) is 38.5 Å². The Balaban J connectivity index is 1.77. The van der Waals surface area contributed by atoms with Gasteiger partial charge in [0.2, 0.25) is 0 Å². The molecule has 92 valence electrons. The first-order valence-corrected chi connectivity index (χ1v) is 6.11. The molecule has 1 aliphatic carbocycles. The summed E-state index contributed by atoms with van der Waals surface area (Å²) >= 11 is 0. The molecule has 1 aliphatic heterocycles. The van der Waals surface area contributed by atoms with Gasteiger partial charge in [-0.2, -0.15) is 0 Å². The Kier molecular flexibility index (Phi) is 2.52. The van der Waals surface area contributed by atoms with E-state index in [-0.39, 0.29) is 18.2 Å². The molecule has 2 heterocycles.